The summed E-state index contributed by atoms with van der Waals surface area (Å²) in [5.41, 5.74) is 1.44. The fourth-order valence-corrected chi connectivity index (χ4v) is 3.52. The third-order valence-electron chi connectivity index (χ3n) is 3.92. The molecule has 0 atom stereocenters. The van der Waals surface area contributed by atoms with Crippen LogP contribution in [0.3, 0.4) is 0 Å². The van der Waals surface area contributed by atoms with E-state index in [1.54, 1.807) is 35.7 Å². The number of thiazole rings is 1. The highest BCUT2D eigenvalue weighted by Gasteiger charge is 2.14. The standard InChI is InChI=1S/C20H18ClFN2O3S/c1-3-23-19(25)16-11-28-20(24-16)12-7-8-17(18(9-12)26-2)27-10-13-14(21)5-4-6-15(13)22/h4-9,11H,3,10H2,1-2H3,(H,23,25). The Labute approximate surface area is 171 Å². The fraction of sp³-hybridized carbons (Fsp3) is 0.200. The minimum atomic E-state index is -0.427. The average Bonchev–Trinajstić information content (AvgIpc) is 3.18. The van der Waals surface area contributed by atoms with Crippen molar-refractivity contribution in [1.82, 2.24) is 10.3 Å². The molecule has 1 aromatic heterocycles. The molecule has 3 aromatic rings. The molecule has 5 nitrogen and oxygen atoms in total. The molecule has 0 aliphatic carbocycles. The Morgan fingerprint density at radius 2 is 2.11 bits per heavy atom. The van der Waals surface area contributed by atoms with Crippen molar-refractivity contribution in [2.45, 2.75) is 13.5 Å². The van der Waals surface area contributed by atoms with Crippen molar-refractivity contribution in [2.75, 3.05) is 13.7 Å². The maximum absolute atomic E-state index is 13.9. The molecule has 0 saturated heterocycles. The molecule has 1 N–H and O–H groups in total. The van der Waals surface area contributed by atoms with Crippen LogP contribution in [0.1, 0.15) is 23.0 Å². The van der Waals surface area contributed by atoms with Gasteiger partial charge in [0.25, 0.3) is 5.91 Å². The minimum absolute atomic E-state index is 0.0280. The molecule has 0 fully saturated rings. The van der Waals surface area contributed by atoms with E-state index in [1.165, 1.54) is 24.5 Å². The SMILES string of the molecule is CCNC(=O)c1csc(-c2ccc(OCc3c(F)cccc3Cl)c(OC)c2)n1. The summed E-state index contributed by atoms with van der Waals surface area (Å²) in [7, 11) is 1.52. The average molecular weight is 421 g/mol. The maximum atomic E-state index is 13.9. The van der Waals surface area contributed by atoms with Crippen LogP contribution in [-0.2, 0) is 6.61 Å². The van der Waals surface area contributed by atoms with E-state index in [1.807, 2.05) is 6.92 Å². The number of amides is 1. The van der Waals surface area contributed by atoms with Gasteiger partial charge in [-0.15, -0.1) is 11.3 Å². The third kappa shape index (κ3) is 4.43. The number of nitrogens with one attached hydrogen (secondary N) is 1. The van der Waals surface area contributed by atoms with Crippen molar-refractivity contribution in [3.05, 3.63) is 63.9 Å². The van der Waals surface area contributed by atoms with Gasteiger partial charge in [-0.2, -0.15) is 0 Å². The summed E-state index contributed by atoms with van der Waals surface area (Å²) >= 11 is 7.39. The highest BCUT2D eigenvalue weighted by atomic mass is 35.5. The maximum Gasteiger partial charge on any atom is 0.270 e. The Hall–Kier alpha value is -2.64. The zero-order valence-electron chi connectivity index (χ0n) is 15.3. The summed E-state index contributed by atoms with van der Waals surface area (Å²) in [6.07, 6.45) is 0. The molecule has 0 aliphatic rings. The quantitative estimate of drug-likeness (QED) is 0.588. The number of hydrogen-bond acceptors (Lipinski definition) is 5. The molecule has 2 aromatic carbocycles. The van der Waals surface area contributed by atoms with Crippen molar-refractivity contribution in [3.8, 4) is 22.1 Å². The summed E-state index contributed by atoms with van der Waals surface area (Å²) in [5, 5.41) is 5.41. The predicted molar refractivity (Wildman–Crippen MR) is 108 cm³/mol. The molecule has 3 rings (SSSR count). The van der Waals surface area contributed by atoms with E-state index in [0.29, 0.717) is 33.8 Å². The molecule has 0 radical (unpaired) electrons. The topological polar surface area (TPSA) is 60.5 Å². The van der Waals surface area contributed by atoms with E-state index in [2.05, 4.69) is 10.3 Å². The first-order valence-corrected chi connectivity index (χ1v) is 9.77. The number of halogens is 2. The van der Waals surface area contributed by atoms with Crippen LogP contribution in [0, 0.1) is 5.82 Å². The molecule has 0 unspecified atom stereocenters. The molecule has 1 heterocycles. The van der Waals surface area contributed by atoms with Crippen LogP contribution in [0.4, 0.5) is 4.39 Å². The van der Waals surface area contributed by atoms with E-state index in [0.717, 1.165) is 5.56 Å². The van der Waals surface area contributed by atoms with E-state index < -0.39 is 5.82 Å². The van der Waals surface area contributed by atoms with Gasteiger partial charge in [-0.3, -0.25) is 4.79 Å². The van der Waals surface area contributed by atoms with Crippen LogP contribution in [0.25, 0.3) is 10.6 Å². The van der Waals surface area contributed by atoms with Gasteiger partial charge in [0, 0.05) is 23.1 Å². The Kier molecular flexibility index (Phi) is 6.49. The van der Waals surface area contributed by atoms with Gasteiger partial charge in [0.1, 0.15) is 23.1 Å². The first-order chi connectivity index (χ1) is 13.5. The van der Waals surface area contributed by atoms with Crippen molar-refractivity contribution >= 4 is 28.8 Å². The highest BCUT2D eigenvalue weighted by Crippen LogP contribution is 2.34. The predicted octanol–water partition coefficient (Wildman–Crippen LogP) is 4.94. The van der Waals surface area contributed by atoms with E-state index in [9.17, 15) is 9.18 Å². The largest absolute Gasteiger partial charge is 0.493 e. The Balaban J connectivity index is 1.80. The Morgan fingerprint density at radius 3 is 2.82 bits per heavy atom. The van der Waals surface area contributed by atoms with Crippen LogP contribution >= 0.6 is 22.9 Å². The number of rotatable bonds is 7. The Morgan fingerprint density at radius 1 is 1.29 bits per heavy atom. The van der Waals surface area contributed by atoms with Gasteiger partial charge in [0.05, 0.1) is 12.1 Å². The van der Waals surface area contributed by atoms with E-state index in [4.69, 9.17) is 21.1 Å². The monoisotopic (exact) mass is 420 g/mol. The number of hydrogen-bond donors (Lipinski definition) is 1. The van der Waals surface area contributed by atoms with Gasteiger partial charge >= 0.3 is 0 Å². The summed E-state index contributed by atoms with van der Waals surface area (Å²) in [6.45, 7) is 2.36. The van der Waals surface area contributed by atoms with Crippen molar-refractivity contribution < 1.29 is 18.7 Å². The number of nitrogens with zero attached hydrogens (tertiary/aromatic N) is 1. The number of methoxy groups -OCH3 is 1. The van der Waals surface area contributed by atoms with Crippen LogP contribution in [-0.4, -0.2) is 24.5 Å². The van der Waals surface area contributed by atoms with Crippen LogP contribution < -0.4 is 14.8 Å². The number of aromatic nitrogens is 1. The molecular weight excluding hydrogens is 403 g/mol. The van der Waals surface area contributed by atoms with Gasteiger partial charge < -0.3 is 14.8 Å². The van der Waals surface area contributed by atoms with Gasteiger partial charge in [0.15, 0.2) is 11.5 Å². The normalized spacial score (nSPS) is 10.6. The second kappa shape index (κ2) is 9.03. The molecule has 8 heteroatoms. The number of carbonyl (C=O) groups excluding carboxylic acids is 1. The molecule has 0 saturated carbocycles. The lowest BCUT2D eigenvalue weighted by atomic mass is 10.2. The fourth-order valence-electron chi connectivity index (χ4n) is 2.50. The third-order valence-corrected chi connectivity index (χ3v) is 5.16. The Bertz CT molecular complexity index is 973. The minimum Gasteiger partial charge on any atom is -0.493 e. The van der Waals surface area contributed by atoms with Gasteiger partial charge in [0.2, 0.25) is 0 Å². The van der Waals surface area contributed by atoms with E-state index >= 15 is 0 Å². The number of benzene rings is 2. The molecule has 0 bridgehead atoms. The lowest BCUT2D eigenvalue weighted by Gasteiger charge is -2.13. The second-order valence-electron chi connectivity index (χ2n) is 5.75. The van der Waals surface area contributed by atoms with Crippen molar-refractivity contribution in [1.29, 1.82) is 0 Å². The molecule has 146 valence electrons. The molecule has 1 amide bonds. The van der Waals surface area contributed by atoms with Crippen LogP contribution in [0.5, 0.6) is 11.5 Å². The summed E-state index contributed by atoms with van der Waals surface area (Å²) in [5.74, 6) is 0.285. The van der Waals surface area contributed by atoms with Crippen LogP contribution in [0.2, 0.25) is 5.02 Å². The second-order valence-corrected chi connectivity index (χ2v) is 7.02. The van der Waals surface area contributed by atoms with Crippen molar-refractivity contribution in [3.63, 3.8) is 0 Å². The first-order valence-electron chi connectivity index (χ1n) is 8.51. The zero-order valence-corrected chi connectivity index (χ0v) is 16.9. The summed E-state index contributed by atoms with van der Waals surface area (Å²) in [6, 6.07) is 9.77. The first kappa shape index (κ1) is 20.1. The van der Waals surface area contributed by atoms with Gasteiger partial charge in [-0.1, -0.05) is 17.7 Å². The highest BCUT2D eigenvalue weighted by molar-refractivity contribution is 7.13. The van der Waals surface area contributed by atoms with Gasteiger partial charge in [-0.25, -0.2) is 9.37 Å². The summed E-state index contributed by atoms with van der Waals surface area (Å²) in [4.78, 5) is 16.3. The molecular formula is C20H18ClFN2O3S. The van der Waals surface area contributed by atoms with Crippen LogP contribution in [0.15, 0.2) is 41.8 Å². The zero-order chi connectivity index (χ0) is 20.1. The summed E-state index contributed by atoms with van der Waals surface area (Å²) < 4.78 is 25.0. The van der Waals surface area contributed by atoms with Gasteiger partial charge in [-0.05, 0) is 37.3 Å². The molecule has 0 spiro atoms. The number of carbonyl (C=O) groups is 1. The number of ether oxygens (including phenoxy) is 2. The molecule has 28 heavy (non-hydrogen) atoms. The van der Waals surface area contributed by atoms with E-state index in [-0.39, 0.29) is 18.1 Å². The smallest absolute Gasteiger partial charge is 0.270 e. The van der Waals surface area contributed by atoms with Crippen molar-refractivity contribution in [2.24, 2.45) is 0 Å². The lowest BCUT2D eigenvalue weighted by Crippen LogP contribution is -2.22. The molecule has 0 aliphatic heterocycles. The lowest BCUT2D eigenvalue weighted by molar-refractivity contribution is 0.0951.